The van der Waals surface area contributed by atoms with Crippen molar-refractivity contribution in [3.8, 4) is 16.9 Å². The van der Waals surface area contributed by atoms with Crippen molar-refractivity contribution in [2.24, 2.45) is 0 Å². The second-order valence-corrected chi connectivity index (χ2v) is 6.29. The van der Waals surface area contributed by atoms with Gasteiger partial charge in [0.15, 0.2) is 11.3 Å². The monoisotopic (exact) mass is 386 g/mol. The Morgan fingerprint density at radius 2 is 1.96 bits per heavy atom. The summed E-state index contributed by atoms with van der Waals surface area (Å²) in [5.74, 6) is -0.757. The summed E-state index contributed by atoms with van der Waals surface area (Å²) in [7, 11) is 0. The van der Waals surface area contributed by atoms with E-state index in [1.165, 1.54) is 18.2 Å². The molecule has 3 heterocycles. The molecule has 2 N–H and O–H groups in total. The number of rotatable bonds is 3. The van der Waals surface area contributed by atoms with Crippen LogP contribution in [0.2, 0.25) is 0 Å². The normalized spacial score (nSPS) is 11.9. The highest BCUT2D eigenvalue weighted by molar-refractivity contribution is 6.17. The summed E-state index contributed by atoms with van der Waals surface area (Å²) < 4.78 is 44.2. The van der Waals surface area contributed by atoms with Crippen LogP contribution in [-0.4, -0.2) is 16.0 Å². The first-order chi connectivity index (χ1) is 13.2. The molecule has 2 bridgehead atoms. The average Bonchev–Trinajstić information content (AvgIpc) is 3.18. The Morgan fingerprint density at radius 3 is 2.68 bits per heavy atom. The van der Waals surface area contributed by atoms with Gasteiger partial charge >= 0.3 is 6.18 Å². The van der Waals surface area contributed by atoms with Gasteiger partial charge in [0, 0.05) is 29.2 Å². The van der Waals surface area contributed by atoms with Crippen molar-refractivity contribution in [2.75, 3.05) is 5.32 Å². The Kier molecular flexibility index (Phi) is 3.99. The van der Waals surface area contributed by atoms with Crippen molar-refractivity contribution < 1.29 is 27.5 Å². The molecule has 0 unspecified atom stereocenters. The predicted molar refractivity (Wildman–Crippen MR) is 96.4 cm³/mol. The summed E-state index contributed by atoms with van der Waals surface area (Å²) in [5.41, 5.74) is 1.20. The zero-order chi connectivity index (χ0) is 20.1. The van der Waals surface area contributed by atoms with E-state index in [1.54, 1.807) is 25.3 Å². The van der Waals surface area contributed by atoms with Crippen LogP contribution in [0, 0.1) is 6.92 Å². The number of carbonyl (C=O) groups excluding carboxylic acids is 1. The Balaban J connectivity index is 1.76. The average molecular weight is 386 g/mol. The van der Waals surface area contributed by atoms with Crippen LogP contribution in [0.3, 0.4) is 0 Å². The minimum absolute atomic E-state index is 0.000779. The molecule has 0 saturated carbocycles. The van der Waals surface area contributed by atoms with E-state index >= 15 is 0 Å². The number of alkyl halides is 3. The first-order valence-electron chi connectivity index (χ1n) is 8.23. The molecule has 0 spiro atoms. The van der Waals surface area contributed by atoms with Gasteiger partial charge in [-0.25, -0.2) is 0 Å². The van der Waals surface area contributed by atoms with Crippen molar-refractivity contribution >= 4 is 22.8 Å². The molecule has 0 aliphatic rings. The molecule has 0 aliphatic carbocycles. The molecule has 0 aliphatic heterocycles. The van der Waals surface area contributed by atoms with Crippen molar-refractivity contribution in [3.05, 3.63) is 65.5 Å². The molecule has 8 heteroatoms. The van der Waals surface area contributed by atoms with Gasteiger partial charge in [0.05, 0.1) is 11.1 Å². The maximum atomic E-state index is 12.9. The van der Waals surface area contributed by atoms with Gasteiger partial charge in [-0.15, -0.1) is 0 Å². The number of carbonyl (C=O) groups is 1. The van der Waals surface area contributed by atoms with E-state index in [0.29, 0.717) is 16.8 Å². The topological polar surface area (TPSA) is 75.4 Å². The van der Waals surface area contributed by atoms with E-state index in [9.17, 15) is 23.1 Å². The number of furan rings is 2. The third-order valence-corrected chi connectivity index (χ3v) is 4.30. The summed E-state index contributed by atoms with van der Waals surface area (Å²) in [6, 6.07) is 9.03. The van der Waals surface area contributed by atoms with Crippen LogP contribution in [0.4, 0.5) is 18.9 Å². The summed E-state index contributed by atoms with van der Waals surface area (Å²) in [4.78, 5) is 16.9. The number of amides is 1. The third-order valence-electron chi connectivity index (χ3n) is 4.30. The van der Waals surface area contributed by atoms with Gasteiger partial charge in [-0.05, 0) is 42.8 Å². The number of fused-ring (bicyclic) bond motifs is 2. The lowest BCUT2D eigenvalue weighted by atomic mass is 9.99. The molecule has 5 nitrogen and oxygen atoms in total. The number of anilines is 1. The van der Waals surface area contributed by atoms with Crippen LogP contribution in [0.5, 0.6) is 5.75 Å². The molecule has 0 saturated heterocycles. The fourth-order valence-electron chi connectivity index (χ4n) is 3.09. The van der Waals surface area contributed by atoms with E-state index in [0.717, 1.165) is 12.1 Å². The van der Waals surface area contributed by atoms with E-state index < -0.39 is 17.6 Å². The smallest absolute Gasteiger partial charge is 0.416 e. The summed E-state index contributed by atoms with van der Waals surface area (Å²) in [6.07, 6.45) is -2.97. The minimum atomic E-state index is -4.52. The van der Waals surface area contributed by atoms with Gasteiger partial charge in [0.2, 0.25) is 0 Å². The van der Waals surface area contributed by atoms with Crippen LogP contribution in [0.25, 0.3) is 22.3 Å². The van der Waals surface area contributed by atoms with Crippen LogP contribution >= 0.6 is 0 Å². The van der Waals surface area contributed by atoms with E-state index in [1.807, 2.05) is 0 Å². The van der Waals surface area contributed by atoms with Crippen molar-refractivity contribution in [1.82, 2.24) is 4.98 Å². The molecule has 3 aromatic heterocycles. The number of phenolic OH excluding ortho intramolecular Hbond substituents is 1. The number of aryl methyl sites for hydroxylation is 1. The van der Waals surface area contributed by atoms with Gasteiger partial charge in [-0.3, -0.25) is 9.78 Å². The number of benzene rings is 2. The number of nitrogens with zero attached hydrogens (tertiary/aromatic N) is 1. The van der Waals surface area contributed by atoms with Crippen LogP contribution in [-0.2, 0) is 6.18 Å². The lowest BCUT2D eigenvalue weighted by molar-refractivity contribution is -0.137. The molecule has 1 amide bonds. The van der Waals surface area contributed by atoms with Crippen LogP contribution in [0.15, 0.2) is 53.1 Å². The third kappa shape index (κ3) is 3.02. The maximum absolute atomic E-state index is 12.9. The Labute approximate surface area is 156 Å². The molecule has 4 rings (SSSR count). The Morgan fingerprint density at radius 1 is 1.18 bits per heavy atom. The largest absolute Gasteiger partial charge is 0.504 e. The minimum Gasteiger partial charge on any atom is -0.504 e. The van der Waals surface area contributed by atoms with Gasteiger partial charge in [0.25, 0.3) is 5.91 Å². The quantitative estimate of drug-likeness (QED) is 0.506. The lowest BCUT2D eigenvalue weighted by Gasteiger charge is -2.11. The maximum Gasteiger partial charge on any atom is 0.416 e. The molecule has 28 heavy (non-hydrogen) atoms. The molecule has 0 atom stereocenters. The van der Waals surface area contributed by atoms with Gasteiger partial charge in [-0.1, -0.05) is 6.07 Å². The number of halogens is 3. The van der Waals surface area contributed by atoms with Gasteiger partial charge < -0.3 is 14.8 Å². The molecular formula is C20H13F3N2O3. The number of nitrogens with one attached hydrogen (secondary N) is 1. The van der Waals surface area contributed by atoms with Crippen molar-refractivity contribution in [2.45, 2.75) is 13.1 Å². The van der Waals surface area contributed by atoms with Crippen molar-refractivity contribution in [1.29, 1.82) is 0 Å². The Bertz CT molecular complexity index is 1180. The highest BCUT2D eigenvalue weighted by atomic mass is 19.4. The highest BCUT2D eigenvalue weighted by Crippen LogP contribution is 2.43. The first kappa shape index (κ1) is 17.8. The standard InChI is InChI=1S/C20H13F3N2O3/c1-10-7-11(5-6-24-10)16-17(15-9-14(26)18(16)28-15)19(27)25-13-4-2-3-12(8-13)20(21,22)23/h2-9,26H,1H3,(H,25,27). The Hall–Kier alpha value is -3.55. The molecule has 0 radical (unpaired) electrons. The number of phenols is 1. The summed E-state index contributed by atoms with van der Waals surface area (Å²) in [6.45, 7) is 1.77. The molecular weight excluding hydrogens is 373 g/mol. The number of pyridine rings is 1. The second kappa shape index (κ2) is 6.26. The molecule has 4 aromatic rings. The molecule has 142 valence electrons. The van der Waals surface area contributed by atoms with E-state index in [-0.39, 0.29) is 28.2 Å². The SMILES string of the molecule is Cc1cc(-c2c(C(=O)Nc3cccc(C(F)(F)F)c3)c3cc(O)c2o3)ccn1. The zero-order valence-electron chi connectivity index (χ0n) is 14.5. The molecule has 1 aromatic carbocycles. The van der Waals surface area contributed by atoms with Crippen molar-refractivity contribution in [3.63, 3.8) is 0 Å². The lowest BCUT2D eigenvalue weighted by Crippen LogP contribution is -2.14. The molecule has 0 fully saturated rings. The fourth-order valence-corrected chi connectivity index (χ4v) is 3.09. The van der Waals surface area contributed by atoms with E-state index in [2.05, 4.69) is 10.3 Å². The second-order valence-electron chi connectivity index (χ2n) is 6.29. The van der Waals surface area contributed by atoms with Crippen LogP contribution < -0.4 is 5.32 Å². The zero-order valence-corrected chi connectivity index (χ0v) is 14.5. The number of hydrogen-bond acceptors (Lipinski definition) is 4. The number of aromatic hydroxyl groups is 1. The number of aromatic nitrogens is 1. The van der Waals surface area contributed by atoms with Gasteiger partial charge in [-0.2, -0.15) is 13.2 Å². The first-order valence-corrected chi connectivity index (χ1v) is 8.23. The van der Waals surface area contributed by atoms with Gasteiger partial charge in [0.1, 0.15) is 5.58 Å². The summed E-state index contributed by atoms with van der Waals surface area (Å²) in [5, 5.41) is 12.5. The van der Waals surface area contributed by atoms with E-state index in [4.69, 9.17) is 4.42 Å². The predicted octanol–water partition coefficient (Wildman–Crippen LogP) is 5.22. The summed E-state index contributed by atoms with van der Waals surface area (Å²) >= 11 is 0. The number of hydrogen-bond donors (Lipinski definition) is 2. The fraction of sp³-hybridized carbons (Fsp3) is 0.100. The highest BCUT2D eigenvalue weighted by Gasteiger charge is 2.31. The van der Waals surface area contributed by atoms with Crippen LogP contribution in [0.1, 0.15) is 21.6 Å².